The topological polar surface area (TPSA) is 105 Å². The summed E-state index contributed by atoms with van der Waals surface area (Å²) in [5, 5.41) is 27.6. The summed E-state index contributed by atoms with van der Waals surface area (Å²) in [6.07, 6.45) is -2.30. The number of rotatable bonds is 10. The molecule has 50 heavy (non-hydrogen) atoms. The maximum atomic E-state index is 13.8. The average molecular weight is 659 g/mol. The number of para-hydroxylation sites is 2. The number of hydrogen-bond acceptors (Lipinski definition) is 6. The van der Waals surface area contributed by atoms with E-state index in [1.165, 1.54) is 0 Å². The minimum Gasteiger partial charge on any atom is -0.851 e. The lowest BCUT2D eigenvalue weighted by molar-refractivity contribution is -0.535. The number of nitrogen functional groups attached to an aromatic ring is 2. The highest BCUT2D eigenvalue weighted by molar-refractivity contribution is 5.94. The van der Waals surface area contributed by atoms with Crippen LogP contribution in [0.2, 0.25) is 0 Å². The van der Waals surface area contributed by atoms with Gasteiger partial charge < -0.3 is 31.5 Å². The lowest BCUT2D eigenvalue weighted by Crippen LogP contribution is -2.63. The summed E-state index contributed by atoms with van der Waals surface area (Å²) in [6.45, 7) is 5.87. The molecule has 0 heterocycles. The molecule has 0 aliphatic heterocycles. The molecule has 1 aliphatic carbocycles. The Morgan fingerprint density at radius 3 is 1.34 bits per heavy atom. The number of nitrogens with zero attached hydrogens (tertiary/aromatic N) is 2. The Labute approximate surface area is 294 Å². The fourth-order valence-corrected chi connectivity index (χ4v) is 7.51. The normalized spacial score (nSPS) is 18.3. The molecule has 6 nitrogen and oxygen atoms in total. The molecule has 252 valence electrons. The summed E-state index contributed by atoms with van der Waals surface area (Å²) in [5.74, 6) is -1.49. The maximum absolute atomic E-state index is 13.8. The molecule has 0 saturated heterocycles. The zero-order valence-electron chi connectivity index (χ0n) is 28.4. The van der Waals surface area contributed by atoms with Gasteiger partial charge in [0.05, 0.1) is 11.4 Å². The summed E-state index contributed by atoms with van der Waals surface area (Å²) >= 11 is 0. The van der Waals surface area contributed by atoms with Crippen molar-refractivity contribution in [3.8, 4) is 22.3 Å². The predicted octanol–water partition coefficient (Wildman–Crippen LogP) is 7.84. The molecule has 1 aliphatic rings. The molecule has 0 aromatic heterocycles. The number of anilines is 6. The third kappa shape index (κ3) is 5.98. The second-order valence-corrected chi connectivity index (χ2v) is 12.9. The van der Waals surface area contributed by atoms with E-state index in [1.807, 2.05) is 97.1 Å². The van der Waals surface area contributed by atoms with E-state index in [2.05, 4.69) is 72.2 Å². The first-order valence-corrected chi connectivity index (χ1v) is 17.4. The van der Waals surface area contributed by atoms with Crippen LogP contribution in [0.15, 0.2) is 146 Å². The van der Waals surface area contributed by atoms with Crippen molar-refractivity contribution in [1.82, 2.24) is 0 Å². The molecule has 4 N–H and O–H groups in total. The largest absolute Gasteiger partial charge is 0.851 e. The van der Waals surface area contributed by atoms with Crippen LogP contribution in [0.3, 0.4) is 0 Å². The molecular weight excluding hydrogens is 617 g/mol. The van der Waals surface area contributed by atoms with Gasteiger partial charge >= 0.3 is 0 Å². The van der Waals surface area contributed by atoms with Crippen LogP contribution in [-0.4, -0.2) is 25.3 Å². The Hall–Kier alpha value is -5.56. The highest BCUT2D eigenvalue weighted by atomic mass is 16.3. The van der Waals surface area contributed by atoms with Crippen molar-refractivity contribution in [2.24, 2.45) is 0 Å². The van der Waals surface area contributed by atoms with Gasteiger partial charge in [-0.3, -0.25) is 0 Å². The molecule has 0 radical (unpaired) electrons. The monoisotopic (exact) mass is 658 g/mol. The fourth-order valence-electron chi connectivity index (χ4n) is 7.51. The third-order valence-corrected chi connectivity index (χ3v) is 10.1. The molecule has 0 bridgehead atoms. The summed E-state index contributed by atoms with van der Waals surface area (Å²) in [5.41, 5.74) is 23.5. The molecule has 2 atom stereocenters. The molecule has 6 aromatic carbocycles. The Bertz CT molecular complexity index is 1990. The van der Waals surface area contributed by atoms with Gasteiger partial charge in [0.2, 0.25) is 0 Å². The third-order valence-electron chi connectivity index (χ3n) is 10.1. The van der Waals surface area contributed by atoms with Crippen molar-refractivity contribution >= 4 is 34.1 Å². The van der Waals surface area contributed by atoms with Crippen molar-refractivity contribution in [3.05, 3.63) is 157 Å². The van der Waals surface area contributed by atoms with E-state index < -0.39 is 24.0 Å². The van der Waals surface area contributed by atoms with Crippen LogP contribution in [0.1, 0.15) is 36.8 Å². The van der Waals surface area contributed by atoms with Gasteiger partial charge in [-0.25, -0.2) is 0 Å². The van der Waals surface area contributed by atoms with Crippen LogP contribution in [-0.2, 0) is 0 Å². The lowest BCUT2D eigenvalue weighted by atomic mass is 9.62. The Kier molecular flexibility index (Phi) is 9.31. The molecule has 1 fully saturated rings. The highest BCUT2D eigenvalue weighted by Gasteiger charge is 2.40. The van der Waals surface area contributed by atoms with Crippen molar-refractivity contribution in [2.45, 2.75) is 37.9 Å². The van der Waals surface area contributed by atoms with Gasteiger partial charge in [0.25, 0.3) is 0 Å². The number of benzene rings is 6. The summed E-state index contributed by atoms with van der Waals surface area (Å²) < 4.78 is 0. The van der Waals surface area contributed by atoms with Crippen LogP contribution >= 0.6 is 0 Å². The van der Waals surface area contributed by atoms with Crippen molar-refractivity contribution < 1.29 is 10.2 Å². The lowest BCUT2D eigenvalue weighted by Gasteiger charge is -2.62. The first kappa shape index (κ1) is 33.0. The molecule has 6 aromatic rings. The van der Waals surface area contributed by atoms with E-state index in [9.17, 15) is 10.2 Å². The highest BCUT2D eigenvalue weighted by Crippen LogP contribution is 2.50. The van der Waals surface area contributed by atoms with Crippen molar-refractivity contribution in [1.29, 1.82) is 0 Å². The van der Waals surface area contributed by atoms with Gasteiger partial charge in [0, 0.05) is 47.0 Å². The Morgan fingerprint density at radius 2 is 0.900 bits per heavy atom. The Morgan fingerprint density at radius 1 is 0.500 bits per heavy atom. The first-order chi connectivity index (χ1) is 24.4. The van der Waals surface area contributed by atoms with E-state index in [4.69, 9.17) is 11.5 Å². The van der Waals surface area contributed by atoms with Crippen LogP contribution in [0, 0.1) is 0 Å². The SMILES string of the molecule is CCN(CC)c1ccc(C2C([O-])C(c3ccc(N(c4ccccc4-c4ccccc4)c4ccccc4-c4ccccc4)cc3N)C2[O-])c(N)c1. The predicted molar refractivity (Wildman–Crippen MR) is 204 cm³/mol. The van der Waals surface area contributed by atoms with E-state index >= 15 is 0 Å². The minimum absolute atomic E-state index is 0.428. The quantitative estimate of drug-likeness (QED) is 0.145. The second-order valence-electron chi connectivity index (χ2n) is 12.9. The van der Waals surface area contributed by atoms with E-state index in [1.54, 1.807) is 0 Å². The van der Waals surface area contributed by atoms with Crippen molar-refractivity contribution in [2.75, 3.05) is 34.4 Å². The molecule has 0 amide bonds. The van der Waals surface area contributed by atoms with E-state index in [0.29, 0.717) is 22.5 Å². The van der Waals surface area contributed by atoms with Crippen LogP contribution in [0.4, 0.5) is 34.1 Å². The number of hydrogen-bond donors (Lipinski definition) is 2. The van der Waals surface area contributed by atoms with E-state index in [-0.39, 0.29) is 0 Å². The first-order valence-electron chi connectivity index (χ1n) is 17.4. The zero-order valence-corrected chi connectivity index (χ0v) is 28.4. The summed E-state index contributed by atoms with van der Waals surface area (Å²) in [6, 6.07) is 48.7. The molecule has 2 unspecified atom stereocenters. The van der Waals surface area contributed by atoms with Gasteiger partial charge in [-0.1, -0.05) is 109 Å². The molecular formula is C44H42N4O2-2. The minimum atomic E-state index is -1.15. The van der Waals surface area contributed by atoms with Gasteiger partial charge in [0.15, 0.2) is 0 Å². The molecule has 6 heteroatoms. The zero-order chi connectivity index (χ0) is 34.8. The maximum Gasteiger partial charge on any atom is 0.0540 e. The molecule has 7 rings (SSSR count). The van der Waals surface area contributed by atoms with Gasteiger partial charge in [0.1, 0.15) is 0 Å². The molecule has 0 spiro atoms. The summed E-state index contributed by atoms with van der Waals surface area (Å²) in [4.78, 5) is 4.41. The van der Waals surface area contributed by atoms with Gasteiger partial charge in [-0.2, -0.15) is 0 Å². The smallest absolute Gasteiger partial charge is 0.0540 e. The number of nitrogens with two attached hydrogens (primary N) is 2. The fraction of sp³-hybridized carbons (Fsp3) is 0.182. The average Bonchev–Trinajstić information content (AvgIpc) is 3.15. The van der Waals surface area contributed by atoms with Crippen molar-refractivity contribution in [3.63, 3.8) is 0 Å². The Balaban J connectivity index is 1.28. The second kappa shape index (κ2) is 14.1. The van der Waals surface area contributed by atoms with Gasteiger partial charge in [-0.05, 0) is 84.3 Å². The van der Waals surface area contributed by atoms with E-state index in [0.717, 1.165) is 58.1 Å². The van der Waals surface area contributed by atoms with Crippen LogP contribution < -0.4 is 31.5 Å². The van der Waals surface area contributed by atoms with Crippen LogP contribution in [0.5, 0.6) is 0 Å². The standard InChI is InChI=1S/C44H42N4O2/c1-3-47(4-2)31-23-25-35(37(45)27-31)41-43(49)42(44(41)50)36-26-24-32(28-38(36)46)48(39-21-13-11-19-33(39)29-15-7-5-8-16-29)40-22-14-12-20-34(40)30-17-9-6-10-18-30/h5-28,41-44H,3-4,45-46H2,1-2H3/q-2. The summed E-state index contributed by atoms with van der Waals surface area (Å²) in [7, 11) is 0. The molecule has 1 saturated carbocycles. The van der Waals surface area contributed by atoms with Crippen LogP contribution in [0.25, 0.3) is 22.3 Å². The van der Waals surface area contributed by atoms with Gasteiger partial charge in [-0.15, -0.1) is 12.2 Å².